The summed E-state index contributed by atoms with van der Waals surface area (Å²) in [7, 11) is 1.53. The van der Waals surface area contributed by atoms with Crippen molar-refractivity contribution in [2.24, 2.45) is 5.73 Å². The number of nitriles is 1. The number of rotatable bonds is 5. The molecule has 2 aromatic rings. The van der Waals surface area contributed by atoms with Gasteiger partial charge >= 0.3 is 5.97 Å². The zero-order chi connectivity index (χ0) is 19.4. The van der Waals surface area contributed by atoms with Gasteiger partial charge in [0.25, 0.3) is 0 Å². The molecule has 6 nitrogen and oxygen atoms in total. The highest BCUT2D eigenvalue weighted by Crippen LogP contribution is 2.41. The monoisotopic (exact) mass is 364 g/mol. The minimum atomic E-state index is -0.662. The second-order valence-electron chi connectivity index (χ2n) is 6.09. The number of ether oxygens (including phenoxy) is 3. The van der Waals surface area contributed by atoms with E-state index in [1.165, 1.54) is 7.11 Å². The maximum absolute atomic E-state index is 12.8. The number of nitrogens with zero attached hydrogens (tertiary/aromatic N) is 1. The van der Waals surface area contributed by atoms with Crippen LogP contribution in [-0.2, 0) is 19.0 Å². The lowest BCUT2D eigenvalue weighted by molar-refractivity contribution is -0.140. The second kappa shape index (κ2) is 7.94. The molecular weight excluding hydrogens is 344 g/mol. The number of carbonyl (C=O) groups excluding carboxylic acids is 1. The lowest BCUT2D eigenvalue weighted by atomic mass is 9.81. The maximum atomic E-state index is 12.8. The average molecular weight is 364 g/mol. The normalized spacial score (nSPS) is 16.9. The number of hydrogen-bond donors (Lipinski definition) is 1. The Morgan fingerprint density at radius 2 is 1.96 bits per heavy atom. The molecule has 0 saturated heterocycles. The maximum Gasteiger partial charge on any atom is 0.338 e. The van der Waals surface area contributed by atoms with Crippen molar-refractivity contribution in [3.05, 3.63) is 70.8 Å². The molecule has 0 unspecified atom stereocenters. The third-order valence-electron chi connectivity index (χ3n) is 4.48. The van der Waals surface area contributed by atoms with Crippen molar-refractivity contribution in [1.82, 2.24) is 0 Å². The first-order valence-corrected chi connectivity index (χ1v) is 8.50. The summed E-state index contributed by atoms with van der Waals surface area (Å²) in [6.45, 7) is 2.03. The van der Waals surface area contributed by atoms with Gasteiger partial charge in [-0.1, -0.05) is 42.5 Å². The molecule has 1 aliphatic heterocycles. The summed E-state index contributed by atoms with van der Waals surface area (Å²) in [5.74, 6) is -0.888. The third kappa shape index (κ3) is 3.50. The van der Waals surface area contributed by atoms with Crippen LogP contribution in [0.1, 0.15) is 18.4 Å². The average Bonchev–Trinajstić information content (AvgIpc) is 2.67. The van der Waals surface area contributed by atoms with Crippen molar-refractivity contribution in [1.29, 1.82) is 5.26 Å². The number of benzene rings is 2. The van der Waals surface area contributed by atoms with Crippen LogP contribution in [0.5, 0.6) is 0 Å². The first kappa shape index (κ1) is 18.5. The van der Waals surface area contributed by atoms with Gasteiger partial charge in [-0.25, -0.2) is 4.79 Å². The number of nitrogens with two attached hydrogens (primary N) is 1. The molecule has 0 spiro atoms. The molecule has 0 radical (unpaired) electrons. The minimum absolute atomic E-state index is 0.00127. The molecular formula is C21H20N2O4. The van der Waals surface area contributed by atoms with Gasteiger partial charge in [0.1, 0.15) is 24.0 Å². The van der Waals surface area contributed by atoms with E-state index in [2.05, 4.69) is 6.07 Å². The Morgan fingerprint density at radius 1 is 1.22 bits per heavy atom. The van der Waals surface area contributed by atoms with Crippen LogP contribution in [0.3, 0.4) is 0 Å². The van der Waals surface area contributed by atoms with Gasteiger partial charge in [0, 0.05) is 7.11 Å². The van der Waals surface area contributed by atoms with E-state index in [-0.39, 0.29) is 30.2 Å². The smallest absolute Gasteiger partial charge is 0.338 e. The van der Waals surface area contributed by atoms with Crippen molar-refractivity contribution >= 4 is 16.7 Å². The molecule has 6 heteroatoms. The van der Waals surface area contributed by atoms with Crippen molar-refractivity contribution < 1.29 is 19.0 Å². The van der Waals surface area contributed by atoms with Crippen molar-refractivity contribution in [3.8, 4) is 6.07 Å². The number of fused-ring (bicyclic) bond motifs is 1. The summed E-state index contributed by atoms with van der Waals surface area (Å²) in [5.41, 5.74) is 7.23. The molecule has 0 amide bonds. The highest BCUT2D eigenvalue weighted by atomic mass is 16.6. The lowest BCUT2D eigenvalue weighted by Gasteiger charge is -2.27. The first-order chi connectivity index (χ1) is 13.1. The summed E-state index contributed by atoms with van der Waals surface area (Å²) >= 11 is 0. The van der Waals surface area contributed by atoms with Crippen molar-refractivity contribution in [3.63, 3.8) is 0 Å². The predicted molar refractivity (Wildman–Crippen MR) is 100 cm³/mol. The number of carbonyl (C=O) groups is 1. The van der Waals surface area contributed by atoms with Gasteiger partial charge in [-0.15, -0.1) is 0 Å². The second-order valence-corrected chi connectivity index (χ2v) is 6.09. The van der Waals surface area contributed by atoms with Crippen molar-refractivity contribution in [2.45, 2.75) is 12.8 Å². The van der Waals surface area contributed by atoms with E-state index in [1.807, 2.05) is 42.5 Å². The molecule has 0 saturated carbocycles. The third-order valence-corrected chi connectivity index (χ3v) is 4.48. The minimum Gasteiger partial charge on any atom is -0.460 e. The molecule has 138 valence electrons. The Kier molecular flexibility index (Phi) is 5.43. The Balaban J connectivity index is 2.15. The van der Waals surface area contributed by atoms with Crippen LogP contribution in [0, 0.1) is 11.3 Å². The van der Waals surface area contributed by atoms with E-state index in [1.54, 1.807) is 6.92 Å². The summed E-state index contributed by atoms with van der Waals surface area (Å²) < 4.78 is 15.7. The SMILES string of the molecule is COCCOC(=O)C1=C(C)OC(N)=C(C#N)[C@H]1c1cccc2ccccc12. The van der Waals surface area contributed by atoms with Gasteiger partial charge in [-0.05, 0) is 23.3 Å². The Hall–Kier alpha value is -3.30. The van der Waals surface area contributed by atoms with Gasteiger partial charge in [-0.2, -0.15) is 5.26 Å². The van der Waals surface area contributed by atoms with Crippen LogP contribution < -0.4 is 5.73 Å². The van der Waals surface area contributed by atoms with E-state index < -0.39 is 11.9 Å². The van der Waals surface area contributed by atoms with E-state index in [0.717, 1.165) is 16.3 Å². The fourth-order valence-corrected chi connectivity index (χ4v) is 3.25. The molecule has 1 atom stereocenters. The Bertz CT molecular complexity index is 980. The topological polar surface area (TPSA) is 94.6 Å². The molecule has 0 fully saturated rings. The lowest BCUT2D eigenvalue weighted by Crippen LogP contribution is -2.26. The van der Waals surface area contributed by atoms with Gasteiger partial charge < -0.3 is 19.9 Å². The van der Waals surface area contributed by atoms with Crippen LogP contribution in [0.4, 0.5) is 0 Å². The molecule has 0 aromatic heterocycles. The van der Waals surface area contributed by atoms with E-state index >= 15 is 0 Å². The van der Waals surface area contributed by atoms with E-state index in [9.17, 15) is 10.1 Å². The molecule has 27 heavy (non-hydrogen) atoms. The highest BCUT2D eigenvalue weighted by molar-refractivity contribution is 5.95. The number of methoxy groups -OCH3 is 1. The molecule has 1 heterocycles. The van der Waals surface area contributed by atoms with E-state index in [0.29, 0.717) is 5.76 Å². The largest absolute Gasteiger partial charge is 0.460 e. The van der Waals surface area contributed by atoms with Gasteiger partial charge in [0.05, 0.1) is 18.1 Å². The zero-order valence-corrected chi connectivity index (χ0v) is 15.2. The molecule has 2 aromatic carbocycles. The van der Waals surface area contributed by atoms with Crippen LogP contribution >= 0.6 is 0 Å². The summed E-state index contributed by atoms with van der Waals surface area (Å²) in [5, 5.41) is 11.6. The molecule has 3 rings (SSSR count). The number of esters is 1. The van der Waals surface area contributed by atoms with Crippen LogP contribution in [0.2, 0.25) is 0 Å². The Morgan fingerprint density at radius 3 is 2.70 bits per heavy atom. The van der Waals surface area contributed by atoms with Crippen LogP contribution in [0.25, 0.3) is 10.8 Å². The summed E-state index contributed by atoms with van der Waals surface area (Å²) in [6, 6.07) is 15.6. The first-order valence-electron chi connectivity index (χ1n) is 8.50. The fraction of sp³-hybridized carbons (Fsp3) is 0.238. The molecule has 0 aliphatic carbocycles. The number of hydrogen-bond acceptors (Lipinski definition) is 6. The van der Waals surface area contributed by atoms with Crippen LogP contribution in [0.15, 0.2) is 65.3 Å². The fourth-order valence-electron chi connectivity index (χ4n) is 3.25. The van der Waals surface area contributed by atoms with Gasteiger partial charge in [0.2, 0.25) is 5.88 Å². The molecule has 1 aliphatic rings. The molecule has 0 bridgehead atoms. The summed E-state index contributed by atoms with van der Waals surface area (Å²) in [6.07, 6.45) is 0. The zero-order valence-electron chi connectivity index (χ0n) is 15.2. The van der Waals surface area contributed by atoms with Crippen molar-refractivity contribution in [2.75, 3.05) is 20.3 Å². The summed E-state index contributed by atoms with van der Waals surface area (Å²) in [4.78, 5) is 12.8. The number of allylic oxidation sites excluding steroid dienone is 2. The van der Waals surface area contributed by atoms with Gasteiger partial charge in [0.15, 0.2) is 0 Å². The van der Waals surface area contributed by atoms with Crippen LogP contribution in [-0.4, -0.2) is 26.3 Å². The Labute approximate surface area is 157 Å². The highest BCUT2D eigenvalue weighted by Gasteiger charge is 2.37. The standard InChI is InChI=1S/C21H20N2O4/c1-13-18(21(24)26-11-10-25-2)19(17(12-22)20(23)27-13)16-9-5-7-14-6-3-4-8-15(14)16/h3-9,19H,10-11,23H2,1-2H3/t19-/m1/s1. The predicted octanol–water partition coefficient (Wildman–Crippen LogP) is 3.11. The quantitative estimate of drug-likeness (QED) is 0.647. The van der Waals surface area contributed by atoms with Gasteiger partial charge in [-0.3, -0.25) is 0 Å². The van der Waals surface area contributed by atoms with E-state index in [4.69, 9.17) is 19.9 Å². The molecule has 2 N–H and O–H groups in total.